The predicted octanol–water partition coefficient (Wildman–Crippen LogP) is 5.28. The van der Waals surface area contributed by atoms with Crippen molar-refractivity contribution in [2.45, 2.75) is 58.3 Å². The van der Waals surface area contributed by atoms with Crippen LogP contribution in [0.4, 0.5) is 10.3 Å². The van der Waals surface area contributed by atoms with Gasteiger partial charge < -0.3 is 14.5 Å². The van der Waals surface area contributed by atoms with Gasteiger partial charge in [-0.1, -0.05) is 13.0 Å². The van der Waals surface area contributed by atoms with E-state index in [4.69, 9.17) is 4.74 Å². The number of halogens is 1. The molecule has 0 bridgehead atoms. The summed E-state index contributed by atoms with van der Waals surface area (Å²) in [6.45, 7) is 6.28. The average molecular weight is 493 g/mol. The Morgan fingerprint density at radius 3 is 2.47 bits per heavy atom. The maximum atomic E-state index is 15.0. The van der Waals surface area contributed by atoms with Crippen LogP contribution in [-0.4, -0.2) is 53.6 Å². The monoisotopic (exact) mass is 492 g/mol. The lowest BCUT2D eigenvalue weighted by Gasteiger charge is -2.31. The molecule has 3 heterocycles. The molecule has 1 atom stereocenters. The Bertz CT molecular complexity index is 1070. The summed E-state index contributed by atoms with van der Waals surface area (Å²) in [4.78, 5) is 25.9. The molecule has 1 aliphatic carbocycles. The highest BCUT2D eigenvalue weighted by atomic mass is 19.1. The molecule has 2 aliphatic heterocycles. The van der Waals surface area contributed by atoms with Gasteiger partial charge in [0.1, 0.15) is 11.6 Å². The van der Waals surface area contributed by atoms with Crippen LogP contribution in [0.25, 0.3) is 5.57 Å². The molecule has 0 N–H and O–H groups in total. The summed E-state index contributed by atoms with van der Waals surface area (Å²) in [5, 5.41) is 0. The van der Waals surface area contributed by atoms with Gasteiger partial charge in [-0.3, -0.25) is 4.79 Å². The van der Waals surface area contributed by atoms with Gasteiger partial charge in [0, 0.05) is 56.1 Å². The Balaban J connectivity index is 1.10. The van der Waals surface area contributed by atoms with Crippen molar-refractivity contribution in [3.63, 3.8) is 0 Å². The number of carbonyl (C=O) groups excluding carboxylic acids is 1. The summed E-state index contributed by atoms with van der Waals surface area (Å²) < 4.78 is 21.0. The van der Waals surface area contributed by atoms with Gasteiger partial charge >= 0.3 is 0 Å². The molecule has 7 heteroatoms. The second-order valence-electron chi connectivity index (χ2n) is 10.4. The number of carbonyl (C=O) groups is 1. The number of nitrogens with zero attached hydrogens (tertiary/aromatic N) is 4. The standard InChI is InChI=1S/C29H37FN4O2/c1-2-21-18-31-29(32-19-21)34-15-11-22(12-16-34)20-36-25-9-10-26(27(30)17-25)23-5-7-24(8-6-23)28(35)33-13-3-4-14-33/h5,9-10,17-19,22,24H,2-4,6-8,11-16,20H2,1H3. The van der Waals surface area contributed by atoms with Gasteiger partial charge in [-0.05, 0) is 80.6 Å². The van der Waals surface area contributed by atoms with Crippen LogP contribution in [0.3, 0.4) is 0 Å². The number of piperidine rings is 1. The smallest absolute Gasteiger partial charge is 0.226 e. The molecule has 2 aromatic rings. The van der Waals surface area contributed by atoms with Crippen molar-refractivity contribution in [2.24, 2.45) is 11.8 Å². The molecule has 3 aliphatic rings. The van der Waals surface area contributed by atoms with E-state index in [1.54, 1.807) is 0 Å². The van der Waals surface area contributed by atoms with Crippen molar-refractivity contribution in [1.82, 2.24) is 14.9 Å². The molecule has 0 spiro atoms. The van der Waals surface area contributed by atoms with E-state index < -0.39 is 0 Å². The molecular formula is C29H37FN4O2. The summed E-state index contributed by atoms with van der Waals surface area (Å²) >= 11 is 0. The predicted molar refractivity (Wildman–Crippen MR) is 139 cm³/mol. The van der Waals surface area contributed by atoms with E-state index in [-0.39, 0.29) is 17.6 Å². The van der Waals surface area contributed by atoms with E-state index in [2.05, 4.69) is 27.9 Å². The number of allylic oxidation sites excluding steroid dienone is 2. The zero-order valence-corrected chi connectivity index (χ0v) is 21.3. The number of rotatable bonds is 7. The largest absolute Gasteiger partial charge is 0.493 e. The van der Waals surface area contributed by atoms with Crippen LogP contribution < -0.4 is 9.64 Å². The number of amides is 1. The molecule has 2 saturated heterocycles. The third kappa shape index (κ3) is 5.71. The van der Waals surface area contributed by atoms with Crippen molar-refractivity contribution in [2.75, 3.05) is 37.7 Å². The lowest BCUT2D eigenvalue weighted by atomic mass is 9.85. The van der Waals surface area contributed by atoms with Gasteiger partial charge in [0.2, 0.25) is 11.9 Å². The number of hydrogen-bond acceptors (Lipinski definition) is 5. The number of aromatic nitrogens is 2. The van der Waals surface area contributed by atoms with Crippen LogP contribution in [0.15, 0.2) is 36.7 Å². The molecule has 2 fully saturated rings. The van der Waals surface area contributed by atoms with E-state index in [0.717, 1.165) is 88.2 Å². The maximum absolute atomic E-state index is 15.0. The molecule has 1 aromatic heterocycles. The Morgan fingerprint density at radius 2 is 1.83 bits per heavy atom. The van der Waals surface area contributed by atoms with Crippen molar-refractivity contribution in [3.8, 4) is 5.75 Å². The minimum atomic E-state index is -0.245. The van der Waals surface area contributed by atoms with Crippen LogP contribution in [0.2, 0.25) is 0 Å². The maximum Gasteiger partial charge on any atom is 0.226 e. The zero-order valence-electron chi connectivity index (χ0n) is 21.3. The highest BCUT2D eigenvalue weighted by molar-refractivity contribution is 5.81. The summed E-state index contributed by atoms with van der Waals surface area (Å²) in [7, 11) is 0. The number of hydrogen-bond donors (Lipinski definition) is 0. The molecule has 1 aromatic carbocycles. The van der Waals surface area contributed by atoms with E-state index in [0.29, 0.717) is 30.3 Å². The minimum absolute atomic E-state index is 0.0474. The van der Waals surface area contributed by atoms with Gasteiger partial charge in [0.15, 0.2) is 0 Å². The van der Waals surface area contributed by atoms with E-state index in [1.165, 1.54) is 6.07 Å². The third-order valence-electron chi connectivity index (χ3n) is 7.95. The first-order chi connectivity index (χ1) is 17.6. The Labute approximate surface area is 213 Å². The number of ether oxygens (including phenoxy) is 1. The first kappa shape index (κ1) is 24.7. The molecule has 5 rings (SSSR count). The fraction of sp³-hybridized carbons (Fsp3) is 0.552. The lowest BCUT2D eigenvalue weighted by molar-refractivity contribution is -0.134. The zero-order chi connectivity index (χ0) is 24.9. The van der Waals surface area contributed by atoms with Crippen LogP contribution in [0.1, 0.15) is 63.0 Å². The van der Waals surface area contributed by atoms with Gasteiger partial charge in [0.25, 0.3) is 0 Å². The van der Waals surface area contributed by atoms with E-state index in [9.17, 15) is 9.18 Å². The van der Waals surface area contributed by atoms with Crippen molar-refractivity contribution >= 4 is 17.4 Å². The van der Waals surface area contributed by atoms with E-state index >= 15 is 0 Å². The second kappa shape index (κ2) is 11.4. The summed E-state index contributed by atoms with van der Waals surface area (Å²) in [6, 6.07) is 5.22. The molecule has 6 nitrogen and oxygen atoms in total. The third-order valence-corrected chi connectivity index (χ3v) is 7.95. The fourth-order valence-corrected chi connectivity index (χ4v) is 5.55. The van der Waals surface area contributed by atoms with Crippen LogP contribution >= 0.6 is 0 Å². The molecule has 1 unspecified atom stereocenters. The highest BCUT2D eigenvalue weighted by Gasteiger charge is 2.28. The fourth-order valence-electron chi connectivity index (χ4n) is 5.55. The van der Waals surface area contributed by atoms with Crippen molar-refractivity contribution in [3.05, 3.63) is 53.6 Å². The normalized spacial score (nSPS) is 20.9. The van der Waals surface area contributed by atoms with Gasteiger partial charge in [-0.15, -0.1) is 0 Å². The quantitative estimate of drug-likeness (QED) is 0.526. The molecular weight excluding hydrogens is 455 g/mol. The van der Waals surface area contributed by atoms with Crippen LogP contribution in [0, 0.1) is 17.7 Å². The minimum Gasteiger partial charge on any atom is -0.493 e. The SMILES string of the molecule is CCc1cnc(N2CCC(COc3ccc(C4=CCC(C(=O)N5CCCC5)CC4)c(F)c3)CC2)nc1. The molecule has 1 amide bonds. The van der Waals surface area contributed by atoms with Gasteiger partial charge in [-0.2, -0.15) is 0 Å². The van der Waals surface area contributed by atoms with Crippen molar-refractivity contribution in [1.29, 1.82) is 0 Å². The molecule has 36 heavy (non-hydrogen) atoms. The van der Waals surface area contributed by atoms with Crippen LogP contribution in [-0.2, 0) is 11.2 Å². The Morgan fingerprint density at radius 1 is 1.08 bits per heavy atom. The lowest BCUT2D eigenvalue weighted by Crippen LogP contribution is -2.36. The number of benzene rings is 1. The molecule has 0 saturated carbocycles. The average Bonchev–Trinajstić information content (AvgIpc) is 3.47. The second-order valence-corrected chi connectivity index (χ2v) is 10.4. The summed E-state index contributed by atoms with van der Waals surface area (Å²) in [5.41, 5.74) is 2.79. The number of aryl methyl sites for hydroxylation is 1. The van der Waals surface area contributed by atoms with Crippen LogP contribution in [0.5, 0.6) is 5.75 Å². The highest BCUT2D eigenvalue weighted by Crippen LogP contribution is 2.34. The van der Waals surface area contributed by atoms with E-state index in [1.807, 2.05) is 29.4 Å². The number of anilines is 1. The Hall–Kier alpha value is -2.96. The first-order valence-corrected chi connectivity index (χ1v) is 13.6. The summed E-state index contributed by atoms with van der Waals surface area (Å²) in [6.07, 6.45) is 13.3. The molecule has 0 radical (unpaired) electrons. The topological polar surface area (TPSA) is 58.6 Å². The Kier molecular flexibility index (Phi) is 7.83. The summed E-state index contributed by atoms with van der Waals surface area (Å²) in [5.74, 6) is 1.89. The first-order valence-electron chi connectivity index (χ1n) is 13.6. The van der Waals surface area contributed by atoms with Gasteiger partial charge in [0.05, 0.1) is 6.61 Å². The van der Waals surface area contributed by atoms with Gasteiger partial charge in [-0.25, -0.2) is 14.4 Å². The molecule has 192 valence electrons. The number of likely N-dealkylation sites (tertiary alicyclic amines) is 1. The van der Waals surface area contributed by atoms with Crippen molar-refractivity contribution < 1.29 is 13.9 Å².